The van der Waals surface area contributed by atoms with E-state index in [0.29, 0.717) is 0 Å². The van der Waals surface area contributed by atoms with Gasteiger partial charge in [0, 0.05) is 33.3 Å². The molecule has 0 saturated heterocycles. The summed E-state index contributed by atoms with van der Waals surface area (Å²) in [6, 6.07) is 12.1. The summed E-state index contributed by atoms with van der Waals surface area (Å²) in [5.74, 6) is 0.255. The number of hydrogen-bond acceptors (Lipinski definition) is 2. The molecule has 2 atom stereocenters. The Hall–Kier alpha value is -0.900. The molecule has 2 nitrogen and oxygen atoms in total. The van der Waals surface area contributed by atoms with Crippen molar-refractivity contribution in [2.45, 2.75) is 25.8 Å². The smallest absolute Gasteiger partial charge is 0.0450 e. The van der Waals surface area contributed by atoms with Crippen molar-refractivity contribution in [2.24, 2.45) is 0 Å². The van der Waals surface area contributed by atoms with Crippen molar-refractivity contribution in [1.29, 1.82) is 0 Å². The summed E-state index contributed by atoms with van der Waals surface area (Å²) >= 11 is 9.77. The molecule has 0 bridgehead atoms. The highest BCUT2D eigenvalue weighted by molar-refractivity contribution is 9.10. The molecule has 1 N–H and O–H groups in total. The van der Waals surface area contributed by atoms with Crippen LogP contribution >= 0.6 is 27.5 Å². The molecule has 0 radical (unpaired) electrons. The number of hydrogen-bond donors (Lipinski definition) is 1. The maximum atomic E-state index is 6.15. The first-order chi connectivity index (χ1) is 9.63. The molecule has 1 aromatic heterocycles. The molecule has 1 heterocycles. The van der Waals surface area contributed by atoms with Crippen molar-refractivity contribution >= 4 is 27.5 Å². The highest BCUT2D eigenvalue weighted by Crippen LogP contribution is 2.35. The molecule has 2 rings (SSSR count). The molecule has 2 aromatic rings. The first kappa shape index (κ1) is 15.5. The summed E-state index contributed by atoms with van der Waals surface area (Å²) in [4.78, 5) is 4.47. The lowest BCUT2D eigenvalue weighted by Gasteiger charge is -2.26. The lowest BCUT2D eigenvalue weighted by Crippen LogP contribution is -2.26. The van der Waals surface area contributed by atoms with Crippen LogP contribution in [0.4, 0.5) is 0 Å². The van der Waals surface area contributed by atoms with Crippen LogP contribution in [0.3, 0.4) is 0 Å². The van der Waals surface area contributed by atoms with E-state index in [1.807, 2.05) is 36.5 Å². The fourth-order valence-corrected chi connectivity index (χ4v) is 3.02. The van der Waals surface area contributed by atoms with Gasteiger partial charge in [-0.3, -0.25) is 4.98 Å². The highest BCUT2D eigenvalue weighted by atomic mass is 79.9. The summed E-state index contributed by atoms with van der Waals surface area (Å²) in [7, 11) is 0. The van der Waals surface area contributed by atoms with Crippen LogP contribution in [0.1, 0.15) is 37.1 Å². The van der Waals surface area contributed by atoms with Crippen LogP contribution < -0.4 is 5.32 Å². The van der Waals surface area contributed by atoms with E-state index in [0.717, 1.165) is 27.3 Å². The van der Waals surface area contributed by atoms with Gasteiger partial charge >= 0.3 is 0 Å². The van der Waals surface area contributed by atoms with Gasteiger partial charge in [-0.2, -0.15) is 0 Å². The Balaban J connectivity index is 2.38. The fourth-order valence-electron chi connectivity index (χ4n) is 2.35. The van der Waals surface area contributed by atoms with Gasteiger partial charge in [-0.25, -0.2) is 0 Å². The largest absolute Gasteiger partial charge is 0.310 e. The van der Waals surface area contributed by atoms with Crippen molar-refractivity contribution in [3.63, 3.8) is 0 Å². The van der Waals surface area contributed by atoms with Gasteiger partial charge in [0.15, 0.2) is 0 Å². The Morgan fingerprint density at radius 1 is 1.30 bits per heavy atom. The van der Waals surface area contributed by atoms with Crippen molar-refractivity contribution in [3.05, 3.63) is 63.3 Å². The van der Waals surface area contributed by atoms with Crippen LogP contribution in [-0.2, 0) is 0 Å². The SMILES string of the molecule is CCNC(c1cc(Cl)ccc1Br)C(C)c1ccccn1. The molecule has 0 aliphatic rings. The Kier molecular flexibility index (Phi) is 5.58. The second-order valence-corrected chi connectivity index (χ2v) is 6.04. The lowest BCUT2D eigenvalue weighted by atomic mass is 9.91. The number of nitrogens with one attached hydrogen (secondary N) is 1. The predicted molar refractivity (Wildman–Crippen MR) is 88.2 cm³/mol. The number of aromatic nitrogens is 1. The molecular weight excluding hydrogens is 336 g/mol. The summed E-state index contributed by atoms with van der Waals surface area (Å²) < 4.78 is 1.07. The molecule has 0 fully saturated rings. The summed E-state index contributed by atoms with van der Waals surface area (Å²) in [6.45, 7) is 5.18. The summed E-state index contributed by atoms with van der Waals surface area (Å²) in [5.41, 5.74) is 2.24. The molecule has 0 amide bonds. The molecule has 4 heteroatoms. The summed E-state index contributed by atoms with van der Waals surface area (Å²) in [6.07, 6.45) is 1.84. The van der Waals surface area contributed by atoms with Gasteiger partial charge in [-0.05, 0) is 42.4 Å². The second kappa shape index (κ2) is 7.21. The number of likely N-dealkylation sites (N-methyl/N-ethyl adjacent to an activating group) is 1. The Morgan fingerprint density at radius 2 is 2.10 bits per heavy atom. The molecular formula is C16H18BrClN2. The van der Waals surface area contributed by atoms with E-state index in [2.05, 4.69) is 46.1 Å². The maximum absolute atomic E-state index is 6.15. The molecule has 2 unspecified atom stereocenters. The maximum Gasteiger partial charge on any atom is 0.0450 e. The van der Waals surface area contributed by atoms with Gasteiger partial charge in [0.05, 0.1) is 0 Å². The minimum Gasteiger partial charge on any atom is -0.310 e. The zero-order valence-electron chi connectivity index (χ0n) is 11.6. The molecule has 0 saturated carbocycles. The Morgan fingerprint density at radius 3 is 2.75 bits per heavy atom. The van der Waals surface area contributed by atoms with Gasteiger partial charge in [-0.15, -0.1) is 0 Å². The average Bonchev–Trinajstić information content (AvgIpc) is 2.48. The normalized spacial score (nSPS) is 14.0. The standard InChI is InChI=1S/C16H18BrClN2/c1-3-19-16(11(2)15-6-4-5-9-20-15)13-10-12(18)7-8-14(13)17/h4-11,16,19H,3H2,1-2H3. The Labute approximate surface area is 133 Å². The van der Waals surface area contributed by atoms with Crippen molar-refractivity contribution in [2.75, 3.05) is 6.54 Å². The van der Waals surface area contributed by atoms with E-state index < -0.39 is 0 Å². The first-order valence-electron chi connectivity index (χ1n) is 6.72. The summed E-state index contributed by atoms with van der Waals surface area (Å²) in [5, 5.41) is 4.29. The van der Waals surface area contributed by atoms with Crippen LogP contribution in [0.5, 0.6) is 0 Å². The van der Waals surface area contributed by atoms with E-state index in [9.17, 15) is 0 Å². The minimum atomic E-state index is 0.169. The highest BCUT2D eigenvalue weighted by Gasteiger charge is 2.23. The first-order valence-corrected chi connectivity index (χ1v) is 7.89. The van der Waals surface area contributed by atoms with Crippen LogP contribution in [0.15, 0.2) is 47.1 Å². The number of pyridine rings is 1. The van der Waals surface area contributed by atoms with Gasteiger partial charge in [0.2, 0.25) is 0 Å². The predicted octanol–water partition coefficient (Wildman–Crippen LogP) is 4.95. The van der Waals surface area contributed by atoms with E-state index in [-0.39, 0.29) is 12.0 Å². The number of rotatable bonds is 5. The average molecular weight is 354 g/mol. The zero-order chi connectivity index (χ0) is 14.5. The van der Waals surface area contributed by atoms with Crippen molar-refractivity contribution < 1.29 is 0 Å². The molecule has 0 aliphatic carbocycles. The minimum absolute atomic E-state index is 0.169. The van der Waals surface area contributed by atoms with Gasteiger partial charge in [0.25, 0.3) is 0 Å². The van der Waals surface area contributed by atoms with E-state index in [4.69, 9.17) is 11.6 Å². The van der Waals surface area contributed by atoms with Crippen LogP contribution in [0, 0.1) is 0 Å². The monoisotopic (exact) mass is 352 g/mol. The van der Waals surface area contributed by atoms with Crippen molar-refractivity contribution in [1.82, 2.24) is 10.3 Å². The third-order valence-electron chi connectivity index (χ3n) is 3.37. The number of halogens is 2. The molecule has 106 valence electrons. The van der Waals surface area contributed by atoms with Gasteiger partial charge in [0.1, 0.15) is 0 Å². The fraction of sp³-hybridized carbons (Fsp3) is 0.312. The van der Waals surface area contributed by atoms with Crippen LogP contribution in [0.25, 0.3) is 0 Å². The van der Waals surface area contributed by atoms with Gasteiger partial charge in [-0.1, -0.05) is 47.4 Å². The number of nitrogens with zero attached hydrogens (tertiary/aromatic N) is 1. The lowest BCUT2D eigenvalue weighted by molar-refractivity contribution is 0.470. The quantitative estimate of drug-likeness (QED) is 0.822. The third kappa shape index (κ3) is 3.60. The van der Waals surface area contributed by atoms with Crippen molar-refractivity contribution in [3.8, 4) is 0 Å². The second-order valence-electron chi connectivity index (χ2n) is 4.74. The zero-order valence-corrected chi connectivity index (χ0v) is 13.9. The van der Waals surface area contributed by atoms with E-state index in [1.54, 1.807) is 0 Å². The van der Waals surface area contributed by atoms with Crippen LogP contribution in [-0.4, -0.2) is 11.5 Å². The molecule has 0 spiro atoms. The van der Waals surface area contributed by atoms with Gasteiger partial charge < -0.3 is 5.32 Å². The number of benzene rings is 1. The third-order valence-corrected chi connectivity index (χ3v) is 4.33. The topological polar surface area (TPSA) is 24.9 Å². The van der Waals surface area contributed by atoms with E-state index in [1.165, 1.54) is 0 Å². The van der Waals surface area contributed by atoms with E-state index >= 15 is 0 Å². The molecule has 1 aromatic carbocycles. The molecule has 0 aliphatic heterocycles. The van der Waals surface area contributed by atoms with Crippen LogP contribution in [0.2, 0.25) is 5.02 Å². The molecule has 20 heavy (non-hydrogen) atoms. The Bertz CT molecular complexity index is 560.